The van der Waals surface area contributed by atoms with E-state index in [4.69, 9.17) is 0 Å². The van der Waals surface area contributed by atoms with Crippen LogP contribution in [0.1, 0.15) is 44.9 Å². The number of hydrogen-bond acceptors (Lipinski definition) is 2. The van der Waals surface area contributed by atoms with Gasteiger partial charge in [0.1, 0.15) is 5.82 Å². The van der Waals surface area contributed by atoms with Crippen LogP contribution in [0.15, 0.2) is 18.2 Å². The van der Waals surface area contributed by atoms with Gasteiger partial charge < -0.3 is 0 Å². The maximum Gasteiger partial charge on any atom is 0.206 e. The fourth-order valence-corrected chi connectivity index (χ4v) is 3.82. The van der Waals surface area contributed by atoms with Crippen LogP contribution in [0.25, 0.3) is 0 Å². The lowest BCUT2D eigenvalue weighted by Gasteiger charge is -2.02. The van der Waals surface area contributed by atoms with Crippen LogP contribution in [-0.2, 0) is 12.8 Å². The maximum atomic E-state index is 13.7. The Kier molecular flexibility index (Phi) is 3.85. The monoisotopic (exact) mass is 310 g/mol. The molecular formula is C16H13F3OS. The third kappa shape index (κ3) is 2.75. The van der Waals surface area contributed by atoms with Crippen molar-refractivity contribution in [1.82, 2.24) is 0 Å². The summed E-state index contributed by atoms with van der Waals surface area (Å²) in [6, 6.07) is 2.83. The topological polar surface area (TPSA) is 17.1 Å². The first-order valence-corrected chi connectivity index (χ1v) is 7.68. The van der Waals surface area contributed by atoms with Gasteiger partial charge in [-0.1, -0.05) is 6.42 Å². The fraction of sp³-hybridized carbons (Fsp3) is 0.312. The van der Waals surface area contributed by atoms with Crippen molar-refractivity contribution in [2.45, 2.75) is 32.1 Å². The number of rotatable bonds is 2. The van der Waals surface area contributed by atoms with E-state index in [-0.39, 0.29) is 0 Å². The molecule has 1 nitrogen and oxygen atoms in total. The van der Waals surface area contributed by atoms with Gasteiger partial charge in [0.15, 0.2) is 11.6 Å². The average molecular weight is 310 g/mol. The normalized spacial score (nSPS) is 14.6. The summed E-state index contributed by atoms with van der Waals surface area (Å²) in [6.07, 6.45) is 5.17. The van der Waals surface area contributed by atoms with E-state index in [9.17, 15) is 18.0 Å². The van der Waals surface area contributed by atoms with E-state index in [1.807, 2.05) is 0 Å². The summed E-state index contributed by atoms with van der Waals surface area (Å²) >= 11 is 1.34. The summed E-state index contributed by atoms with van der Waals surface area (Å²) in [5, 5.41) is 0. The lowest BCUT2D eigenvalue weighted by atomic mass is 10.1. The highest BCUT2D eigenvalue weighted by Crippen LogP contribution is 2.31. The molecule has 0 radical (unpaired) electrons. The van der Waals surface area contributed by atoms with Gasteiger partial charge in [-0.15, -0.1) is 11.3 Å². The van der Waals surface area contributed by atoms with Gasteiger partial charge in [0.05, 0.1) is 10.4 Å². The number of fused-ring (bicyclic) bond motifs is 1. The lowest BCUT2D eigenvalue weighted by molar-refractivity contribution is 0.103. The molecule has 0 saturated carbocycles. The molecule has 0 saturated heterocycles. The van der Waals surface area contributed by atoms with Crippen molar-refractivity contribution >= 4 is 17.1 Å². The van der Waals surface area contributed by atoms with E-state index in [1.165, 1.54) is 17.8 Å². The summed E-state index contributed by atoms with van der Waals surface area (Å²) in [7, 11) is 0. The third-order valence-corrected chi connectivity index (χ3v) is 4.96. The number of carbonyl (C=O) groups excluding carboxylic acids is 1. The van der Waals surface area contributed by atoms with Crippen LogP contribution in [0.5, 0.6) is 0 Å². The number of hydrogen-bond donors (Lipinski definition) is 0. The lowest BCUT2D eigenvalue weighted by Crippen LogP contribution is -2.04. The minimum atomic E-state index is -1.29. The molecule has 0 atom stereocenters. The number of carbonyl (C=O) groups is 1. The average Bonchev–Trinajstić information content (AvgIpc) is 2.73. The first kappa shape index (κ1) is 14.3. The first-order valence-electron chi connectivity index (χ1n) is 6.87. The molecular weight excluding hydrogens is 297 g/mol. The van der Waals surface area contributed by atoms with Crippen molar-refractivity contribution < 1.29 is 18.0 Å². The molecule has 1 aliphatic carbocycles. The molecule has 3 rings (SSSR count). The summed E-state index contributed by atoms with van der Waals surface area (Å²) in [4.78, 5) is 13.9. The first-order chi connectivity index (χ1) is 10.1. The Morgan fingerprint density at radius 1 is 0.905 bits per heavy atom. The quantitative estimate of drug-likeness (QED) is 0.448. The third-order valence-electron chi connectivity index (χ3n) is 3.72. The molecule has 1 aliphatic rings. The van der Waals surface area contributed by atoms with Gasteiger partial charge in [-0.2, -0.15) is 0 Å². The van der Waals surface area contributed by atoms with Crippen LogP contribution in [0.3, 0.4) is 0 Å². The fourth-order valence-electron chi connectivity index (χ4n) is 2.61. The molecule has 110 valence electrons. The SMILES string of the molecule is O=C(c1cc2c(s1)CCCCC2)c1cc(F)c(F)cc1F. The van der Waals surface area contributed by atoms with Crippen molar-refractivity contribution in [3.8, 4) is 0 Å². The molecule has 1 aromatic carbocycles. The zero-order valence-corrected chi connectivity index (χ0v) is 12.0. The minimum Gasteiger partial charge on any atom is -0.288 e. The van der Waals surface area contributed by atoms with Crippen LogP contribution in [0, 0.1) is 17.5 Å². The molecule has 0 fully saturated rings. The van der Waals surface area contributed by atoms with Gasteiger partial charge in [-0.25, -0.2) is 13.2 Å². The zero-order valence-electron chi connectivity index (χ0n) is 11.2. The summed E-state index contributed by atoms with van der Waals surface area (Å²) in [5.74, 6) is -4.10. The van der Waals surface area contributed by atoms with Crippen LogP contribution < -0.4 is 0 Å². The van der Waals surface area contributed by atoms with Gasteiger partial charge in [0, 0.05) is 10.9 Å². The molecule has 0 N–H and O–H groups in total. The molecule has 0 bridgehead atoms. The smallest absolute Gasteiger partial charge is 0.206 e. The standard InChI is InChI=1S/C16H13F3OS/c17-11-8-13(19)12(18)7-10(11)16(20)15-6-9-4-2-1-3-5-14(9)21-15/h6-8H,1-5H2. The Bertz CT molecular complexity index is 682. The van der Waals surface area contributed by atoms with Crippen molar-refractivity contribution in [2.75, 3.05) is 0 Å². The highest BCUT2D eigenvalue weighted by Gasteiger charge is 2.21. The Hall–Kier alpha value is -1.62. The number of thiophene rings is 1. The Morgan fingerprint density at radius 3 is 2.43 bits per heavy atom. The second-order valence-corrected chi connectivity index (χ2v) is 6.33. The molecule has 0 amide bonds. The predicted octanol–water partition coefficient (Wildman–Crippen LogP) is 4.67. The van der Waals surface area contributed by atoms with Crippen LogP contribution in [-0.4, -0.2) is 5.78 Å². The molecule has 0 aliphatic heterocycles. The largest absolute Gasteiger partial charge is 0.288 e. The Balaban J connectivity index is 1.97. The Labute approximate surface area is 124 Å². The van der Waals surface area contributed by atoms with Crippen molar-refractivity contribution in [3.05, 3.63) is 56.5 Å². The van der Waals surface area contributed by atoms with Crippen molar-refractivity contribution in [2.24, 2.45) is 0 Å². The summed E-state index contributed by atoms with van der Waals surface area (Å²) in [5.41, 5.74) is 0.717. The molecule has 1 aromatic heterocycles. The van der Waals surface area contributed by atoms with E-state index < -0.39 is 28.8 Å². The summed E-state index contributed by atoms with van der Waals surface area (Å²) in [6.45, 7) is 0. The van der Waals surface area contributed by atoms with Gasteiger partial charge in [0.2, 0.25) is 5.78 Å². The molecule has 1 heterocycles. The van der Waals surface area contributed by atoms with E-state index in [0.29, 0.717) is 17.0 Å². The van der Waals surface area contributed by atoms with Crippen molar-refractivity contribution in [3.63, 3.8) is 0 Å². The van der Waals surface area contributed by atoms with Gasteiger partial charge in [0.25, 0.3) is 0 Å². The summed E-state index contributed by atoms with van der Waals surface area (Å²) < 4.78 is 39.8. The molecule has 0 spiro atoms. The number of aryl methyl sites for hydroxylation is 2. The molecule has 0 unspecified atom stereocenters. The molecule has 2 aromatic rings. The molecule has 5 heteroatoms. The van der Waals surface area contributed by atoms with Crippen LogP contribution in [0.4, 0.5) is 13.2 Å². The van der Waals surface area contributed by atoms with E-state index in [0.717, 1.165) is 36.1 Å². The van der Waals surface area contributed by atoms with Gasteiger partial charge in [-0.05, 0) is 43.4 Å². The van der Waals surface area contributed by atoms with Gasteiger partial charge in [-0.3, -0.25) is 4.79 Å². The highest BCUT2D eigenvalue weighted by molar-refractivity contribution is 7.14. The van der Waals surface area contributed by atoms with Gasteiger partial charge >= 0.3 is 0 Å². The van der Waals surface area contributed by atoms with E-state index in [2.05, 4.69) is 0 Å². The Morgan fingerprint density at radius 2 is 1.62 bits per heavy atom. The predicted molar refractivity (Wildman–Crippen MR) is 75.3 cm³/mol. The zero-order chi connectivity index (χ0) is 15.0. The maximum absolute atomic E-state index is 13.7. The minimum absolute atomic E-state index is 0.395. The molecule has 21 heavy (non-hydrogen) atoms. The van der Waals surface area contributed by atoms with E-state index >= 15 is 0 Å². The van der Waals surface area contributed by atoms with Crippen LogP contribution in [0.2, 0.25) is 0 Å². The van der Waals surface area contributed by atoms with E-state index in [1.54, 1.807) is 6.07 Å². The second kappa shape index (κ2) is 5.64. The number of ketones is 1. The highest BCUT2D eigenvalue weighted by atomic mass is 32.1. The van der Waals surface area contributed by atoms with Crippen molar-refractivity contribution in [1.29, 1.82) is 0 Å². The number of benzene rings is 1. The number of halogens is 3. The van der Waals surface area contributed by atoms with Crippen LogP contribution >= 0.6 is 11.3 Å². The second-order valence-electron chi connectivity index (χ2n) is 5.20.